The molecule has 0 aromatic rings. The highest BCUT2D eigenvalue weighted by Gasteiger charge is 2.46. The van der Waals surface area contributed by atoms with Gasteiger partial charge in [-0.15, -0.1) is 0 Å². The Morgan fingerprint density at radius 2 is 1.81 bits per heavy atom. The fourth-order valence-electron chi connectivity index (χ4n) is 3.87. The van der Waals surface area contributed by atoms with Gasteiger partial charge in [0, 0.05) is 12.1 Å². The number of aliphatic hydroxyl groups excluding tert-OH is 1. The summed E-state index contributed by atoms with van der Waals surface area (Å²) in [6.07, 6.45) is 8.80. The van der Waals surface area contributed by atoms with Crippen LogP contribution in [0.25, 0.3) is 0 Å². The van der Waals surface area contributed by atoms with E-state index in [9.17, 15) is 5.11 Å². The van der Waals surface area contributed by atoms with Crippen molar-refractivity contribution in [2.75, 3.05) is 7.05 Å². The van der Waals surface area contributed by atoms with Crippen LogP contribution in [0, 0.1) is 5.41 Å². The largest absolute Gasteiger partial charge is 0.393 e. The van der Waals surface area contributed by atoms with Crippen LogP contribution in [0.5, 0.6) is 0 Å². The van der Waals surface area contributed by atoms with Crippen molar-refractivity contribution in [3.63, 3.8) is 0 Å². The Labute approximate surface area is 100 Å². The molecule has 1 N–H and O–H groups in total. The van der Waals surface area contributed by atoms with Crippen molar-refractivity contribution < 1.29 is 5.11 Å². The second-order valence-corrected chi connectivity index (χ2v) is 6.27. The monoisotopic (exact) mass is 225 g/mol. The minimum absolute atomic E-state index is 0.0579. The van der Waals surface area contributed by atoms with Crippen LogP contribution in [0.1, 0.15) is 58.8 Å². The standard InChI is InChI=1S/C14H27NO/c1-11(2)15(3)13-10-12(16)6-9-14(13)7-4-5-8-14/h11-13,16H,4-10H2,1-3H3. The lowest BCUT2D eigenvalue weighted by Crippen LogP contribution is -2.52. The second kappa shape index (κ2) is 4.66. The Bertz CT molecular complexity index is 233. The molecule has 2 heteroatoms. The lowest BCUT2D eigenvalue weighted by Gasteiger charge is -2.49. The molecule has 2 aliphatic rings. The first-order valence-electron chi connectivity index (χ1n) is 6.95. The minimum atomic E-state index is -0.0579. The molecule has 2 rings (SSSR count). The molecule has 2 aliphatic carbocycles. The summed E-state index contributed by atoms with van der Waals surface area (Å²) < 4.78 is 0. The SMILES string of the molecule is CC(C)N(C)C1CC(O)CCC12CCCC2. The fourth-order valence-corrected chi connectivity index (χ4v) is 3.87. The molecule has 0 saturated heterocycles. The molecule has 2 saturated carbocycles. The van der Waals surface area contributed by atoms with E-state index < -0.39 is 0 Å². The van der Waals surface area contributed by atoms with Crippen LogP contribution < -0.4 is 0 Å². The number of aliphatic hydroxyl groups is 1. The van der Waals surface area contributed by atoms with Gasteiger partial charge in [0.25, 0.3) is 0 Å². The van der Waals surface area contributed by atoms with Gasteiger partial charge in [-0.2, -0.15) is 0 Å². The van der Waals surface area contributed by atoms with Crippen LogP contribution in [-0.4, -0.2) is 35.2 Å². The van der Waals surface area contributed by atoms with Crippen molar-refractivity contribution in [1.29, 1.82) is 0 Å². The summed E-state index contributed by atoms with van der Waals surface area (Å²) in [5.41, 5.74) is 0.540. The Hall–Kier alpha value is -0.0800. The van der Waals surface area contributed by atoms with Crippen molar-refractivity contribution in [2.45, 2.75) is 77.0 Å². The van der Waals surface area contributed by atoms with Crippen LogP contribution in [0.15, 0.2) is 0 Å². The van der Waals surface area contributed by atoms with Crippen molar-refractivity contribution >= 4 is 0 Å². The highest BCUT2D eigenvalue weighted by Crippen LogP contribution is 2.50. The summed E-state index contributed by atoms with van der Waals surface area (Å²) in [6, 6.07) is 1.20. The van der Waals surface area contributed by atoms with Gasteiger partial charge in [0.1, 0.15) is 0 Å². The smallest absolute Gasteiger partial charge is 0.0555 e. The van der Waals surface area contributed by atoms with Gasteiger partial charge in [0.05, 0.1) is 6.10 Å². The number of rotatable bonds is 2. The van der Waals surface area contributed by atoms with Gasteiger partial charge in [0.15, 0.2) is 0 Å². The lowest BCUT2D eigenvalue weighted by molar-refractivity contribution is -0.0269. The third kappa shape index (κ3) is 2.14. The van der Waals surface area contributed by atoms with Crippen molar-refractivity contribution in [3.8, 4) is 0 Å². The Morgan fingerprint density at radius 3 is 2.38 bits per heavy atom. The quantitative estimate of drug-likeness (QED) is 0.781. The van der Waals surface area contributed by atoms with Crippen molar-refractivity contribution in [1.82, 2.24) is 4.90 Å². The van der Waals surface area contributed by atoms with E-state index in [-0.39, 0.29) is 6.10 Å². The molecule has 0 aromatic heterocycles. The molecule has 0 bridgehead atoms. The van der Waals surface area contributed by atoms with E-state index in [1.807, 2.05) is 0 Å². The third-order valence-electron chi connectivity index (χ3n) is 5.08. The van der Waals surface area contributed by atoms with Crippen molar-refractivity contribution in [2.24, 2.45) is 5.41 Å². The Balaban J connectivity index is 2.15. The van der Waals surface area contributed by atoms with Gasteiger partial charge in [-0.25, -0.2) is 0 Å². The molecule has 0 radical (unpaired) electrons. The topological polar surface area (TPSA) is 23.5 Å². The van der Waals surface area contributed by atoms with E-state index in [1.54, 1.807) is 0 Å². The molecule has 2 unspecified atom stereocenters. The van der Waals surface area contributed by atoms with Crippen molar-refractivity contribution in [3.05, 3.63) is 0 Å². The van der Waals surface area contributed by atoms with Gasteiger partial charge in [-0.3, -0.25) is 0 Å². The van der Waals surface area contributed by atoms with Crippen LogP contribution in [0.4, 0.5) is 0 Å². The predicted molar refractivity (Wildman–Crippen MR) is 67.4 cm³/mol. The molecule has 0 heterocycles. The average molecular weight is 225 g/mol. The predicted octanol–water partition coefficient (Wildman–Crippen LogP) is 2.80. The summed E-state index contributed by atoms with van der Waals surface area (Å²) in [5, 5.41) is 9.93. The first-order valence-corrected chi connectivity index (χ1v) is 6.95. The molecule has 94 valence electrons. The van der Waals surface area contributed by atoms with E-state index in [1.165, 1.54) is 32.1 Å². The zero-order valence-electron chi connectivity index (χ0n) is 11.1. The first-order chi connectivity index (χ1) is 7.55. The number of hydrogen-bond acceptors (Lipinski definition) is 2. The summed E-state index contributed by atoms with van der Waals surface area (Å²) in [5.74, 6) is 0. The Kier molecular flexibility index (Phi) is 3.60. The molecular formula is C14H27NO. The zero-order chi connectivity index (χ0) is 11.8. The summed E-state index contributed by atoms with van der Waals surface area (Å²) >= 11 is 0. The van der Waals surface area contributed by atoms with E-state index in [4.69, 9.17) is 0 Å². The minimum Gasteiger partial charge on any atom is -0.393 e. The van der Waals surface area contributed by atoms with Gasteiger partial charge >= 0.3 is 0 Å². The first kappa shape index (κ1) is 12.4. The number of nitrogens with zero attached hydrogens (tertiary/aromatic N) is 1. The second-order valence-electron chi connectivity index (χ2n) is 6.27. The third-order valence-corrected chi connectivity index (χ3v) is 5.08. The fraction of sp³-hybridized carbons (Fsp3) is 1.00. The van der Waals surface area contributed by atoms with Crippen LogP contribution in [0.3, 0.4) is 0 Å². The van der Waals surface area contributed by atoms with Gasteiger partial charge in [-0.1, -0.05) is 12.8 Å². The number of hydrogen-bond donors (Lipinski definition) is 1. The molecule has 0 amide bonds. The molecule has 2 atom stereocenters. The van der Waals surface area contributed by atoms with Gasteiger partial charge in [-0.05, 0) is 58.4 Å². The summed E-state index contributed by atoms with van der Waals surface area (Å²) in [4.78, 5) is 2.51. The molecule has 16 heavy (non-hydrogen) atoms. The summed E-state index contributed by atoms with van der Waals surface area (Å²) in [7, 11) is 2.24. The maximum Gasteiger partial charge on any atom is 0.0555 e. The summed E-state index contributed by atoms with van der Waals surface area (Å²) in [6.45, 7) is 4.53. The molecule has 2 nitrogen and oxygen atoms in total. The van der Waals surface area contributed by atoms with Gasteiger partial charge in [0.2, 0.25) is 0 Å². The van der Waals surface area contributed by atoms with E-state index in [2.05, 4.69) is 25.8 Å². The maximum atomic E-state index is 9.93. The van der Waals surface area contributed by atoms with Crippen LogP contribution in [-0.2, 0) is 0 Å². The normalized spacial score (nSPS) is 34.1. The van der Waals surface area contributed by atoms with Crippen LogP contribution in [0.2, 0.25) is 0 Å². The van der Waals surface area contributed by atoms with E-state index >= 15 is 0 Å². The molecule has 0 aliphatic heterocycles. The van der Waals surface area contributed by atoms with Gasteiger partial charge < -0.3 is 10.0 Å². The maximum absolute atomic E-state index is 9.93. The average Bonchev–Trinajstić information content (AvgIpc) is 2.70. The molecule has 0 aromatic carbocycles. The van der Waals surface area contributed by atoms with E-state index in [0.29, 0.717) is 17.5 Å². The van der Waals surface area contributed by atoms with E-state index in [0.717, 1.165) is 12.8 Å². The highest BCUT2D eigenvalue weighted by atomic mass is 16.3. The molecule has 1 spiro atoms. The van der Waals surface area contributed by atoms with Crippen LogP contribution >= 0.6 is 0 Å². The Morgan fingerprint density at radius 1 is 1.19 bits per heavy atom. The zero-order valence-corrected chi connectivity index (χ0v) is 11.1. The molecule has 2 fully saturated rings. The highest BCUT2D eigenvalue weighted by molar-refractivity contribution is 5.00. The molecular weight excluding hydrogens is 198 g/mol. The lowest BCUT2D eigenvalue weighted by atomic mass is 9.67.